The average molecular weight is 208 g/mol. The van der Waals surface area contributed by atoms with Crippen molar-refractivity contribution >= 4 is 11.3 Å². The molecule has 0 radical (unpaired) electrons. The van der Waals surface area contributed by atoms with Crippen molar-refractivity contribution < 1.29 is 4.42 Å². The molecule has 0 aliphatic rings. The lowest BCUT2D eigenvalue weighted by atomic mass is 10.2. The number of nitrogens with zero attached hydrogens (tertiary/aromatic N) is 1. The summed E-state index contributed by atoms with van der Waals surface area (Å²) in [7, 11) is 0. The maximum absolute atomic E-state index is 5.47. The van der Waals surface area contributed by atoms with E-state index < -0.39 is 0 Å². The summed E-state index contributed by atoms with van der Waals surface area (Å²) in [6.07, 6.45) is 2.62. The molecule has 14 heavy (non-hydrogen) atoms. The third kappa shape index (κ3) is 1.58. The summed E-state index contributed by atoms with van der Waals surface area (Å²) in [4.78, 5) is 5.42. The third-order valence-electron chi connectivity index (χ3n) is 2.08. The van der Waals surface area contributed by atoms with Crippen LogP contribution in [0.2, 0.25) is 0 Å². The molecule has 4 heteroatoms. The van der Waals surface area contributed by atoms with Gasteiger partial charge in [0.05, 0.1) is 10.6 Å². The lowest BCUT2D eigenvalue weighted by Crippen LogP contribution is -1.95. The number of hydrogen-bond acceptors (Lipinski definition) is 4. The molecule has 0 unspecified atom stereocenters. The Bertz CT molecular complexity index is 419. The SMILES string of the molecule is CCc1ccsc1-c1nc(CN)co1. The largest absolute Gasteiger partial charge is 0.444 e. The molecule has 0 saturated carbocycles. The van der Waals surface area contributed by atoms with E-state index in [0.29, 0.717) is 12.4 Å². The summed E-state index contributed by atoms with van der Waals surface area (Å²) < 4.78 is 5.36. The summed E-state index contributed by atoms with van der Waals surface area (Å²) in [6.45, 7) is 2.55. The van der Waals surface area contributed by atoms with Gasteiger partial charge in [-0.1, -0.05) is 6.92 Å². The van der Waals surface area contributed by atoms with Crippen molar-refractivity contribution in [1.29, 1.82) is 0 Å². The van der Waals surface area contributed by atoms with Crippen LogP contribution in [0.3, 0.4) is 0 Å². The Morgan fingerprint density at radius 2 is 2.43 bits per heavy atom. The Hall–Kier alpha value is -1.13. The number of rotatable bonds is 3. The van der Waals surface area contributed by atoms with Crippen molar-refractivity contribution in [2.45, 2.75) is 19.9 Å². The van der Waals surface area contributed by atoms with E-state index in [2.05, 4.69) is 23.4 Å². The van der Waals surface area contributed by atoms with Gasteiger partial charge in [-0.25, -0.2) is 4.98 Å². The van der Waals surface area contributed by atoms with Crippen LogP contribution in [0.1, 0.15) is 18.2 Å². The highest BCUT2D eigenvalue weighted by atomic mass is 32.1. The van der Waals surface area contributed by atoms with Gasteiger partial charge in [-0.05, 0) is 23.4 Å². The van der Waals surface area contributed by atoms with E-state index >= 15 is 0 Å². The maximum atomic E-state index is 5.47. The van der Waals surface area contributed by atoms with Crippen LogP contribution < -0.4 is 5.73 Å². The van der Waals surface area contributed by atoms with Crippen molar-refractivity contribution in [3.63, 3.8) is 0 Å². The Morgan fingerprint density at radius 1 is 1.57 bits per heavy atom. The van der Waals surface area contributed by atoms with E-state index in [9.17, 15) is 0 Å². The van der Waals surface area contributed by atoms with Crippen LogP contribution in [0.15, 0.2) is 22.1 Å². The molecule has 2 aromatic heterocycles. The van der Waals surface area contributed by atoms with Gasteiger partial charge in [0.2, 0.25) is 5.89 Å². The highest BCUT2D eigenvalue weighted by Gasteiger charge is 2.10. The van der Waals surface area contributed by atoms with Crippen LogP contribution in [0.5, 0.6) is 0 Å². The second-order valence-corrected chi connectivity index (χ2v) is 3.89. The Labute approximate surface area is 86.6 Å². The highest BCUT2D eigenvalue weighted by molar-refractivity contribution is 7.13. The normalized spacial score (nSPS) is 10.7. The standard InChI is InChI=1S/C10H12N2OS/c1-2-7-3-4-14-9(7)10-12-8(5-11)6-13-10/h3-4,6H,2,5,11H2,1H3. The molecule has 2 N–H and O–H groups in total. The van der Waals surface area contributed by atoms with Gasteiger partial charge in [-0.3, -0.25) is 0 Å². The summed E-state index contributed by atoms with van der Waals surface area (Å²) in [6, 6.07) is 2.10. The van der Waals surface area contributed by atoms with E-state index in [1.807, 2.05) is 0 Å². The molecule has 0 fully saturated rings. The van der Waals surface area contributed by atoms with Gasteiger partial charge in [0.25, 0.3) is 0 Å². The van der Waals surface area contributed by atoms with E-state index in [1.165, 1.54) is 5.56 Å². The van der Waals surface area contributed by atoms with E-state index in [0.717, 1.165) is 17.0 Å². The number of thiophene rings is 1. The van der Waals surface area contributed by atoms with Gasteiger partial charge in [-0.15, -0.1) is 11.3 Å². The van der Waals surface area contributed by atoms with Crippen LogP contribution >= 0.6 is 11.3 Å². The average Bonchev–Trinajstić information content (AvgIpc) is 2.85. The number of aryl methyl sites for hydroxylation is 1. The minimum Gasteiger partial charge on any atom is -0.444 e. The van der Waals surface area contributed by atoms with Gasteiger partial charge in [-0.2, -0.15) is 0 Å². The number of nitrogens with two attached hydrogens (primary N) is 1. The monoisotopic (exact) mass is 208 g/mol. The third-order valence-corrected chi connectivity index (χ3v) is 3.03. The zero-order chi connectivity index (χ0) is 9.97. The van der Waals surface area contributed by atoms with Crippen molar-refractivity contribution in [3.8, 4) is 10.8 Å². The summed E-state index contributed by atoms with van der Waals surface area (Å²) in [5.74, 6) is 0.692. The molecule has 2 rings (SSSR count). The first-order valence-corrected chi connectivity index (χ1v) is 5.44. The van der Waals surface area contributed by atoms with Crippen LogP contribution in [0, 0.1) is 0 Å². The molecule has 0 aliphatic heterocycles. The van der Waals surface area contributed by atoms with Gasteiger partial charge in [0.1, 0.15) is 6.26 Å². The molecule has 0 spiro atoms. The number of hydrogen-bond donors (Lipinski definition) is 1. The van der Waals surface area contributed by atoms with Gasteiger partial charge < -0.3 is 10.2 Å². The molecule has 2 aromatic rings. The van der Waals surface area contributed by atoms with Crippen molar-refractivity contribution in [3.05, 3.63) is 29.0 Å². The quantitative estimate of drug-likeness (QED) is 0.842. The van der Waals surface area contributed by atoms with Gasteiger partial charge in [0, 0.05) is 6.54 Å². The topological polar surface area (TPSA) is 52.0 Å². The van der Waals surface area contributed by atoms with Crippen molar-refractivity contribution in [2.24, 2.45) is 5.73 Å². The van der Waals surface area contributed by atoms with Crippen LogP contribution in [-0.2, 0) is 13.0 Å². The molecular formula is C10H12N2OS. The first-order chi connectivity index (χ1) is 6.85. The molecule has 0 bridgehead atoms. The Morgan fingerprint density at radius 3 is 3.07 bits per heavy atom. The molecule has 0 atom stereocenters. The van der Waals surface area contributed by atoms with Crippen LogP contribution in [-0.4, -0.2) is 4.98 Å². The zero-order valence-corrected chi connectivity index (χ0v) is 8.80. The summed E-state index contributed by atoms with van der Waals surface area (Å²) in [5, 5.41) is 2.06. The summed E-state index contributed by atoms with van der Waals surface area (Å²) in [5.41, 5.74) is 7.55. The summed E-state index contributed by atoms with van der Waals surface area (Å²) >= 11 is 1.65. The Balaban J connectivity index is 2.38. The maximum Gasteiger partial charge on any atom is 0.236 e. The predicted octanol–water partition coefficient (Wildman–Crippen LogP) is 2.42. The lowest BCUT2D eigenvalue weighted by molar-refractivity contribution is 0.573. The Kier molecular flexibility index (Phi) is 2.65. The van der Waals surface area contributed by atoms with E-state index in [-0.39, 0.29) is 0 Å². The predicted molar refractivity (Wildman–Crippen MR) is 57.1 cm³/mol. The second-order valence-electron chi connectivity index (χ2n) is 2.98. The van der Waals surface area contributed by atoms with E-state index in [1.54, 1.807) is 17.6 Å². The minimum absolute atomic E-state index is 0.427. The zero-order valence-electron chi connectivity index (χ0n) is 7.99. The first-order valence-electron chi connectivity index (χ1n) is 4.56. The molecule has 0 aliphatic carbocycles. The lowest BCUT2D eigenvalue weighted by Gasteiger charge is -1.94. The van der Waals surface area contributed by atoms with Crippen molar-refractivity contribution in [2.75, 3.05) is 0 Å². The molecule has 2 heterocycles. The van der Waals surface area contributed by atoms with Gasteiger partial charge in [0.15, 0.2) is 0 Å². The second kappa shape index (κ2) is 3.94. The van der Waals surface area contributed by atoms with Crippen LogP contribution in [0.25, 0.3) is 10.8 Å². The first kappa shape index (κ1) is 9.43. The number of aromatic nitrogens is 1. The molecular weight excluding hydrogens is 196 g/mol. The fourth-order valence-electron chi connectivity index (χ4n) is 1.31. The fourth-order valence-corrected chi connectivity index (χ4v) is 2.23. The van der Waals surface area contributed by atoms with Crippen LogP contribution in [0.4, 0.5) is 0 Å². The fraction of sp³-hybridized carbons (Fsp3) is 0.300. The number of oxazole rings is 1. The molecule has 0 saturated heterocycles. The molecule has 3 nitrogen and oxygen atoms in total. The van der Waals surface area contributed by atoms with E-state index in [4.69, 9.17) is 10.2 Å². The smallest absolute Gasteiger partial charge is 0.236 e. The molecule has 0 aromatic carbocycles. The van der Waals surface area contributed by atoms with Gasteiger partial charge >= 0.3 is 0 Å². The highest BCUT2D eigenvalue weighted by Crippen LogP contribution is 2.29. The van der Waals surface area contributed by atoms with Crippen molar-refractivity contribution in [1.82, 2.24) is 4.98 Å². The molecule has 74 valence electrons. The molecule has 0 amide bonds. The minimum atomic E-state index is 0.427.